The number of carbonyl (C=O) groups excluding carboxylic acids is 3. The molecular formula is C25H20NO5S-. The summed E-state index contributed by atoms with van der Waals surface area (Å²) in [6, 6.07) is 17.6. The number of amides is 2. The lowest BCUT2D eigenvalue weighted by atomic mass is 10.0. The summed E-state index contributed by atoms with van der Waals surface area (Å²) in [6.07, 6.45) is 1.71. The van der Waals surface area contributed by atoms with Gasteiger partial charge in [-0.3, -0.25) is 14.5 Å². The zero-order valence-electron chi connectivity index (χ0n) is 17.5. The maximum absolute atomic E-state index is 12.8. The Morgan fingerprint density at radius 2 is 1.78 bits per heavy atom. The molecule has 4 rings (SSSR count). The predicted molar refractivity (Wildman–Crippen MR) is 122 cm³/mol. The van der Waals surface area contributed by atoms with E-state index < -0.39 is 5.97 Å². The molecule has 0 aliphatic carbocycles. The van der Waals surface area contributed by atoms with E-state index in [-0.39, 0.29) is 29.4 Å². The van der Waals surface area contributed by atoms with Gasteiger partial charge in [0.2, 0.25) is 0 Å². The number of carboxylic acids is 1. The maximum Gasteiger partial charge on any atom is 0.293 e. The summed E-state index contributed by atoms with van der Waals surface area (Å²) in [5.41, 5.74) is 1.60. The van der Waals surface area contributed by atoms with Crippen LogP contribution in [0.2, 0.25) is 0 Å². The third-order valence-corrected chi connectivity index (χ3v) is 6.01. The number of nitrogens with zero attached hydrogens (tertiary/aromatic N) is 1. The summed E-state index contributed by atoms with van der Waals surface area (Å²) < 4.78 is 6.05. The van der Waals surface area contributed by atoms with E-state index in [2.05, 4.69) is 0 Å². The summed E-state index contributed by atoms with van der Waals surface area (Å²) in [4.78, 5) is 37.6. The second kappa shape index (κ2) is 8.88. The molecule has 1 aliphatic heterocycles. The lowest BCUT2D eigenvalue weighted by Crippen LogP contribution is -2.34. The van der Waals surface area contributed by atoms with Gasteiger partial charge in [0.05, 0.1) is 10.9 Å². The highest BCUT2D eigenvalue weighted by Crippen LogP contribution is 2.37. The third-order valence-electron chi connectivity index (χ3n) is 5.13. The van der Waals surface area contributed by atoms with Gasteiger partial charge in [-0.2, -0.15) is 0 Å². The van der Waals surface area contributed by atoms with Crippen LogP contribution in [-0.2, 0) is 11.4 Å². The topological polar surface area (TPSA) is 86.7 Å². The van der Waals surface area contributed by atoms with Crippen LogP contribution >= 0.6 is 11.8 Å². The number of ether oxygens (including phenoxy) is 1. The number of carboxylic acid groups (broad SMARTS) is 1. The first kappa shape index (κ1) is 21.6. The van der Waals surface area contributed by atoms with Crippen LogP contribution in [0.4, 0.5) is 4.79 Å². The molecule has 0 bridgehead atoms. The van der Waals surface area contributed by atoms with Crippen LogP contribution in [0.3, 0.4) is 0 Å². The highest BCUT2D eigenvalue weighted by molar-refractivity contribution is 8.18. The van der Waals surface area contributed by atoms with Gasteiger partial charge in [-0.15, -0.1) is 0 Å². The Labute approximate surface area is 189 Å². The molecule has 0 saturated carbocycles. The summed E-state index contributed by atoms with van der Waals surface area (Å²) in [5.74, 6) is -0.986. The number of hydrogen-bond acceptors (Lipinski definition) is 6. The van der Waals surface area contributed by atoms with Crippen molar-refractivity contribution < 1.29 is 24.2 Å². The van der Waals surface area contributed by atoms with Crippen LogP contribution in [0.25, 0.3) is 16.8 Å². The van der Waals surface area contributed by atoms with Crippen molar-refractivity contribution in [3.05, 3.63) is 82.3 Å². The summed E-state index contributed by atoms with van der Waals surface area (Å²) in [7, 11) is 0. The van der Waals surface area contributed by atoms with Crippen molar-refractivity contribution in [2.75, 3.05) is 0 Å². The van der Waals surface area contributed by atoms with Crippen LogP contribution in [0, 0.1) is 0 Å². The molecule has 0 unspecified atom stereocenters. The lowest BCUT2D eigenvalue weighted by Gasteiger charge is -2.16. The van der Waals surface area contributed by atoms with Crippen molar-refractivity contribution >= 4 is 45.7 Å². The molecule has 0 aromatic heterocycles. The Hall–Kier alpha value is -3.58. The summed E-state index contributed by atoms with van der Waals surface area (Å²) >= 11 is 0.922. The number of hydrogen-bond donors (Lipinski definition) is 0. The van der Waals surface area contributed by atoms with Crippen molar-refractivity contribution in [2.24, 2.45) is 0 Å². The van der Waals surface area contributed by atoms with Gasteiger partial charge in [0.15, 0.2) is 0 Å². The number of benzene rings is 3. The minimum Gasteiger partial charge on any atom is -0.545 e. The number of imide groups is 1. The molecule has 0 atom stereocenters. The van der Waals surface area contributed by atoms with E-state index in [0.29, 0.717) is 16.2 Å². The van der Waals surface area contributed by atoms with Crippen molar-refractivity contribution in [3.63, 3.8) is 0 Å². The van der Waals surface area contributed by atoms with E-state index in [1.165, 1.54) is 17.0 Å². The molecule has 0 radical (unpaired) electrons. The van der Waals surface area contributed by atoms with E-state index in [1.807, 2.05) is 36.4 Å². The van der Waals surface area contributed by atoms with Crippen LogP contribution in [0.1, 0.15) is 35.3 Å². The molecule has 7 heteroatoms. The Morgan fingerprint density at radius 1 is 1.06 bits per heavy atom. The van der Waals surface area contributed by atoms with Crippen molar-refractivity contribution in [2.45, 2.75) is 26.5 Å². The highest BCUT2D eigenvalue weighted by Gasteiger charge is 2.36. The SMILES string of the molecule is CC(C)N1C(=O)S/C(=C/c2c(OCc3ccc(C(=O)[O-])cc3)ccc3ccccc23)C1=O. The molecule has 162 valence electrons. The maximum atomic E-state index is 12.8. The standard InChI is InChI=1S/C25H21NO5S/c1-15(2)26-23(27)22(32-25(26)30)13-20-19-6-4-3-5-17(19)11-12-21(20)31-14-16-7-9-18(10-8-16)24(28)29/h3-13,15H,14H2,1-2H3,(H,28,29)/p-1/b22-13+. The molecule has 32 heavy (non-hydrogen) atoms. The normalized spacial score (nSPS) is 15.2. The molecule has 1 saturated heterocycles. The molecule has 1 fully saturated rings. The monoisotopic (exact) mass is 446 g/mol. The fourth-order valence-corrected chi connectivity index (χ4v) is 4.45. The van der Waals surface area contributed by atoms with E-state index in [1.54, 1.807) is 32.1 Å². The number of carbonyl (C=O) groups is 3. The quantitative estimate of drug-likeness (QED) is 0.527. The summed E-state index contributed by atoms with van der Waals surface area (Å²) in [6.45, 7) is 3.81. The van der Waals surface area contributed by atoms with Gasteiger partial charge < -0.3 is 14.6 Å². The average Bonchev–Trinajstić information content (AvgIpc) is 3.06. The fraction of sp³-hybridized carbons (Fsp3) is 0.160. The van der Waals surface area contributed by atoms with Crippen molar-refractivity contribution in [1.82, 2.24) is 4.90 Å². The lowest BCUT2D eigenvalue weighted by molar-refractivity contribution is -0.255. The van der Waals surface area contributed by atoms with Crippen LogP contribution in [-0.4, -0.2) is 28.1 Å². The van der Waals surface area contributed by atoms with Crippen LogP contribution in [0.15, 0.2) is 65.6 Å². The molecule has 0 spiro atoms. The second-order valence-corrected chi connectivity index (χ2v) is 8.61. The third kappa shape index (κ3) is 4.24. The first-order valence-electron chi connectivity index (χ1n) is 10.1. The molecule has 1 heterocycles. The molecule has 0 N–H and O–H groups in total. The van der Waals surface area contributed by atoms with Gasteiger partial charge in [-0.25, -0.2) is 0 Å². The van der Waals surface area contributed by atoms with Crippen molar-refractivity contribution in [3.8, 4) is 5.75 Å². The summed E-state index contributed by atoms with van der Waals surface area (Å²) in [5, 5.41) is 12.5. The molecule has 3 aromatic rings. The smallest absolute Gasteiger partial charge is 0.293 e. The zero-order valence-corrected chi connectivity index (χ0v) is 18.3. The van der Waals surface area contributed by atoms with Gasteiger partial charge in [0, 0.05) is 11.6 Å². The van der Waals surface area contributed by atoms with E-state index in [4.69, 9.17) is 4.74 Å². The van der Waals surface area contributed by atoms with E-state index in [9.17, 15) is 19.5 Å². The van der Waals surface area contributed by atoms with E-state index >= 15 is 0 Å². The number of thioether (sulfide) groups is 1. The minimum absolute atomic E-state index is 0.0982. The van der Waals surface area contributed by atoms with Gasteiger partial charge in [0.1, 0.15) is 12.4 Å². The van der Waals surface area contributed by atoms with Gasteiger partial charge in [-0.05, 0) is 59.7 Å². The molecular weight excluding hydrogens is 426 g/mol. The van der Waals surface area contributed by atoms with Crippen molar-refractivity contribution in [1.29, 1.82) is 0 Å². The largest absolute Gasteiger partial charge is 0.545 e. The molecule has 6 nitrogen and oxygen atoms in total. The van der Waals surface area contributed by atoms with Crippen LogP contribution < -0.4 is 9.84 Å². The average molecular weight is 447 g/mol. The Balaban J connectivity index is 1.69. The fourth-order valence-electron chi connectivity index (χ4n) is 3.50. The van der Waals surface area contributed by atoms with Gasteiger partial charge >= 0.3 is 0 Å². The Morgan fingerprint density at radius 3 is 2.44 bits per heavy atom. The zero-order chi connectivity index (χ0) is 22.8. The second-order valence-electron chi connectivity index (χ2n) is 7.62. The highest BCUT2D eigenvalue weighted by atomic mass is 32.2. The number of aromatic carboxylic acids is 1. The Bertz CT molecular complexity index is 1250. The first-order valence-corrected chi connectivity index (χ1v) is 10.9. The Kier molecular flexibility index (Phi) is 6.01. The van der Waals surface area contributed by atoms with E-state index in [0.717, 1.165) is 28.1 Å². The molecule has 1 aliphatic rings. The van der Waals surface area contributed by atoms with Crippen LogP contribution in [0.5, 0.6) is 5.75 Å². The van der Waals surface area contributed by atoms with Gasteiger partial charge in [-0.1, -0.05) is 54.6 Å². The molecule has 3 aromatic carbocycles. The predicted octanol–water partition coefficient (Wildman–Crippen LogP) is 4.23. The first-order chi connectivity index (χ1) is 15.3. The minimum atomic E-state index is -1.23. The number of fused-ring (bicyclic) bond motifs is 1. The van der Waals surface area contributed by atoms with Gasteiger partial charge in [0.25, 0.3) is 11.1 Å². The molecule has 2 amide bonds. The number of rotatable bonds is 6.